The second kappa shape index (κ2) is 8.88. The molecule has 1 aliphatic rings. The van der Waals surface area contributed by atoms with E-state index >= 15 is 0 Å². The van der Waals surface area contributed by atoms with Gasteiger partial charge in [-0.1, -0.05) is 47.6 Å². The molecular formula is C24H23N5O4S. The smallest absolute Gasteiger partial charge is 0.278 e. The third-order valence-electron chi connectivity index (χ3n) is 5.99. The minimum atomic E-state index is -3.79. The first-order valence-corrected chi connectivity index (χ1v) is 12.4. The number of anilines is 1. The monoisotopic (exact) mass is 477 g/mol. The van der Waals surface area contributed by atoms with E-state index in [1.165, 1.54) is 23.9 Å². The number of primary sulfonamides is 1. The molecule has 0 saturated heterocycles. The SMILES string of the molecule is NS(=O)(=O)c1cccc(Cn2cc(NC(=O)c3noc4c3CC(c3ccccc3)CC4)cn2)c1. The Kier molecular flexibility index (Phi) is 5.76. The molecule has 3 N–H and O–H groups in total. The predicted octanol–water partition coefficient (Wildman–Crippen LogP) is 3.09. The van der Waals surface area contributed by atoms with Crippen LogP contribution in [0.15, 0.2) is 76.4 Å². The van der Waals surface area contributed by atoms with Crippen molar-refractivity contribution in [2.24, 2.45) is 5.14 Å². The number of rotatable bonds is 6. The van der Waals surface area contributed by atoms with E-state index in [-0.39, 0.29) is 10.8 Å². The van der Waals surface area contributed by atoms with E-state index in [2.05, 4.69) is 27.7 Å². The first-order valence-electron chi connectivity index (χ1n) is 10.8. The van der Waals surface area contributed by atoms with Crippen LogP contribution >= 0.6 is 0 Å². The Balaban J connectivity index is 1.28. The number of nitrogens with two attached hydrogens (primary N) is 1. The lowest BCUT2D eigenvalue weighted by Gasteiger charge is -2.21. The van der Waals surface area contributed by atoms with Gasteiger partial charge in [0.1, 0.15) is 5.76 Å². The number of aryl methyl sites for hydroxylation is 1. The van der Waals surface area contributed by atoms with Gasteiger partial charge in [-0.3, -0.25) is 9.48 Å². The molecule has 0 aliphatic heterocycles. The normalized spacial score (nSPS) is 15.6. The van der Waals surface area contributed by atoms with Crippen molar-refractivity contribution in [2.75, 3.05) is 5.32 Å². The number of amides is 1. The number of fused-ring (bicyclic) bond motifs is 1. The van der Waals surface area contributed by atoms with E-state index in [9.17, 15) is 13.2 Å². The number of aromatic nitrogens is 3. The van der Waals surface area contributed by atoms with Crippen LogP contribution in [0.3, 0.4) is 0 Å². The molecule has 2 aromatic carbocycles. The molecule has 10 heteroatoms. The summed E-state index contributed by atoms with van der Waals surface area (Å²) < 4.78 is 30.2. The number of carbonyl (C=O) groups excluding carboxylic acids is 1. The molecule has 0 spiro atoms. The third kappa shape index (κ3) is 4.63. The molecule has 4 aromatic rings. The Bertz CT molecular complexity index is 1440. The van der Waals surface area contributed by atoms with E-state index in [1.807, 2.05) is 18.2 Å². The summed E-state index contributed by atoms with van der Waals surface area (Å²) in [6.07, 6.45) is 5.59. The van der Waals surface area contributed by atoms with Crippen molar-refractivity contribution >= 4 is 21.6 Å². The van der Waals surface area contributed by atoms with Crippen LogP contribution in [0.25, 0.3) is 0 Å². The minimum absolute atomic E-state index is 0.0373. The highest BCUT2D eigenvalue weighted by Crippen LogP contribution is 2.34. The fraction of sp³-hybridized carbons (Fsp3) is 0.208. The van der Waals surface area contributed by atoms with Crippen LogP contribution in [-0.2, 0) is 29.4 Å². The fourth-order valence-corrected chi connectivity index (χ4v) is 4.89. The summed E-state index contributed by atoms with van der Waals surface area (Å²) in [5.74, 6) is 0.729. The first kappa shape index (κ1) is 22.1. The van der Waals surface area contributed by atoms with Crippen LogP contribution in [0.2, 0.25) is 0 Å². The summed E-state index contributed by atoms with van der Waals surface area (Å²) in [7, 11) is -3.79. The Hall–Kier alpha value is -3.76. The number of benzene rings is 2. The maximum atomic E-state index is 13.0. The lowest BCUT2D eigenvalue weighted by Crippen LogP contribution is -2.18. The average Bonchev–Trinajstić information content (AvgIpc) is 3.45. The zero-order chi connectivity index (χ0) is 23.7. The van der Waals surface area contributed by atoms with Crippen LogP contribution in [0.5, 0.6) is 0 Å². The molecular weight excluding hydrogens is 454 g/mol. The fourth-order valence-electron chi connectivity index (χ4n) is 4.30. The van der Waals surface area contributed by atoms with Crippen LogP contribution < -0.4 is 10.5 Å². The highest BCUT2D eigenvalue weighted by molar-refractivity contribution is 7.89. The van der Waals surface area contributed by atoms with Gasteiger partial charge in [0.05, 0.1) is 23.3 Å². The quantitative estimate of drug-likeness (QED) is 0.438. The maximum Gasteiger partial charge on any atom is 0.278 e. The first-order chi connectivity index (χ1) is 16.4. The molecule has 2 aromatic heterocycles. The second-order valence-corrected chi connectivity index (χ2v) is 9.92. The van der Waals surface area contributed by atoms with Gasteiger partial charge < -0.3 is 9.84 Å². The van der Waals surface area contributed by atoms with Gasteiger partial charge in [-0.15, -0.1) is 0 Å². The maximum absolute atomic E-state index is 13.0. The van der Waals surface area contributed by atoms with Gasteiger partial charge in [0, 0.05) is 18.2 Å². The Morgan fingerprint density at radius 1 is 1.18 bits per heavy atom. The van der Waals surface area contributed by atoms with Crippen LogP contribution in [0.4, 0.5) is 5.69 Å². The third-order valence-corrected chi connectivity index (χ3v) is 6.90. The Morgan fingerprint density at radius 3 is 2.79 bits per heavy atom. The predicted molar refractivity (Wildman–Crippen MR) is 125 cm³/mol. The van der Waals surface area contributed by atoms with Crippen molar-refractivity contribution in [3.63, 3.8) is 0 Å². The van der Waals surface area contributed by atoms with Crippen molar-refractivity contribution in [3.05, 3.63) is 95.1 Å². The highest BCUT2D eigenvalue weighted by atomic mass is 32.2. The Morgan fingerprint density at radius 2 is 2.00 bits per heavy atom. The van der Waals surface area contributed by atoms with Crippen molar-refractivity contribution < 1.29 is 17.7 Å². The Labute approximate surface area is 196 Å². The van der Waals surface area contributed by atoms with Crippen LogP contribution in [-0.4, -0.2) is 29.3 Å². The number of hydrogen-bond donors (Lipinski definition) is 2. The molecule has 34 heavy (non-hydrogen) atoms. The number of hydrogen-bond acceptors (Lipinski definition) is 6. The van der Waals surface area contributed by atoms with E-state index < -0.39 is 10.0 Å². The van der Waals surface area contributed by atoms with Gasteiger partial charge in [0.15, 0.2) is 5.69 Å². The molecule has 1 atom stereocenters. The summed E-state index contributed by atoms with van der Waals surface area (Å²) in [6, 6.07) is 16.6. The molecule has 0 saturated carbocycles. The van der Waals surface area contributed by atoms with Crippen molar-refractivity contribution in [2.45, 2.75) is 36.6 Å². The van der Waals surface area contributed by atoms with Gasteiger partial charge in [-0.2, -0.15) is 5.10 Å². The number of nitrogens with zero attached hydrogens (tertiary/aromatic N) is 3. The van der Waals surface area contributed by atoms with Crippen molar-refractivity contribution in [1.29, 1.82) is 0 Å². The lowest BCUT2D eigenvalue weighted by atomic mass is 9.82. The van der Waals surface area contributed by atoms with Crippen molar-refractivity contribution in [3.8, 4) is 0 Å². The van der Waals surface area contributed by atoms with Gasteiger partial charge in [0.2, 0.25) is 10.0 Å². The van der Waals surface area contributed by atoms with Crippen LogP contribution in [0.1, 0.15) is 45.3 Å². The summed E-state index contributed by atoms with van der Waals surface area (Å²) in [4.78, 5) is 13.0. The molecule has 0 bridgehead atoms. The molecule has 1 aliphatic carbocycles. The molecule has 2 heterocycles. The largest absolute Gasteiger partial charge is 0.360 e. The lowest BCUT2D eigenvalue weighted by molar-refractivity contribution is 0.101. The zero-order valence-corrected chi connectivity index (χ0v) is 19.0. The van der Waals surface area contributed by atoms with E-state index in [1.54, 1.807) is 23.0 Å². The van der Waals surface area contributed by atoms with E-state index in [0.717, 1.165) is 24.2 Å². The van der Waals surface area contributed by atoms with E-state index in [4.69, 9.17) is 9.66 Å². The van der Waals surface area contributed by atoms with Crippen LogP contribution in [0, 0.1) is 0 Å². The minimum Gasteiger partial charge on any atom is -0.360 e. The summed E-state index contributed by atoms with van der Waals surface area (Å²) in [5.41, 5.74) is 3.60. The molecule has 0 fully saturated rings. The molecule has 0 radical (unpaired) electrons. The number of sulfonamides is 1. The number of nitrogens with one attached hydrogen (secondary N) is 1. The molecule has 1 unspecified atom stereocenters. The molecule has 1 amide bonds. The summed E-state index contributed by atoms with van der Waals surface area (Å²) in [5, 5.41) is 16.3. The summed E-state index contributed by atoms with van der Waals surface area (Å²) in [6.45, 7) is 0.317. The highest BCUT2D eigenvalue weighted by Gasteiger charge is 2.29. The van der Waals surface area contributed by atoms with Gasteiger partial charge in [-0.25, -0.2) is 13.6 Å². The van der Waals surface area contributed by atoms with Crippen molar-refractivity contribution in [1.82, 2.24) is 14.9 Å². The molecule has 5 rings (SSSR count). The topological polar surface area (TPSA) is 133 Å². The molecule has 9 nitrogen and oxygen atoms in total. The summed E-state index contributed by atoms with van der Waals surface area (Å²) >= 11 is 0. The van der Waals surface area contributed by atoms with Gasteiger partial charge >= 0.3 is 0 Å². The van der Waals surface area contributed by atoms with Gasteiger partial charge in [0.25, 0.3) is 5.91 Å². The standard InChI is InChI=1S/C24H23N5O4S/c25-34(31,32)20-8-4-5-16(11-20)14-29-15-19(13-26-29)27-24(30)23-21-12-18(9-10-22(21)33-28-23)17-6-2-1-3-7-17/h1-8,11,13,15,18H,9-10,12,14H2,(H,27,30)(H2,25,31,32). The molecule has 174 valence electrons. The average molecular weight is 478 g/mol. The van der Waals surface area contributed by atoms with E-state index in [0.29, 0.717) is 35.8 Å². The van der Waals surface area contributed by atoms with Gasteiger partial charge in [-0.05, 0) is 42.0 Å². The second-order valence-electron chi connectivity index (χ2n) is 8.36. The zero-order valence-electron chi connectivity index (χ0n) is 18.2. The number of carbonyl (C=O) groups is 1.